The van der Waals surface area contributed by atoms with Gasteiger partial charge in [-0.05, 0) is 36.1 Å². The Labute approximate surface area is 156 Å². The molecule has 0 atom stereocenters. The fourth-order valence-corrected chi connectivity index (χ4v) is 3.97. The van der Waals surface area contributed by atoms with E-state index in [1.165, 1.54) is 0 Å². The molecule has 1 fully saturated rings. The SMILES string of the molecule is O=C(NCC1(O)CCOCC1)C(=O)Nc1cc2c3c(c1)CCN3C(=O)CC2. The normalized spacial score (nSPS) is 20.2. The number of anilines is 2. The highest BCUT2D eigenvalue weighted by Crippen LogP contribution is 2.38. The van der Waals surface area contributed by atoms with Crippen LogP contribution in [0.5, 0.6) is 0 Å². The Morgan fingerprint density at radius 3 is 2.56 bits per heavy atom. The molecule has 0 aliphatic carbocycles. The molecule has 0 aromatic heterocycles. The van der Waals surface area contributed by atoms with Crippen molar-refractivity contribution in [3.63, 3.8) is 0 Å². The van der Waals surface area contributed by atoms with Gasteiger partial charge in [-0.3, -0.25) is 14.4 Å². The molecule has 0 bridgehead atoms. The molecule has 1 saturated heterocycles. The van der Waals surface area contributed by atoms with E-state index in [-0.39, 0.29) is 12.5 Å². The standard InChI is InChI=1S/C19H23N3O5/c23-15-2-1-12-9-14(10-13-3-6-22(15)16(12)13)21-18(25)17(24)20-11-19(26)4-7-27-8-5-19/h9-10,26H,1-8,11H2,(H,20,24)(H,21,25). The van der Waals surface area contributed by atoms with Crippen molar-refractivity contribution in [3.05, 3.63) is 23.3 Å². The smallest absolute Gasteiger partial charge is 0.313 e. The fraction of sp³-hybridized carbons (Fsp3) is 0.526. The summed E-state index contributed by atoms with van der Waals surface area (Å²) in [5.74, 6) is -1.40. The minimum absolute atomic E-state index is 0.0229. The van der Waals surface area contributed by atoms with Crippen LogP contribution in [-0.4, -0.2) is 54.7 Å². The van der Waals surface area contributed by atoms with Crippen LogP contribution in [0, 0.1) is 0 Å². The van der Waals surface area contributed by atoms with Crippen LogP contribution in [-0.2, 0) is 32.0 Å². The second kappa shape index (κ2) is 6.94. The quantitative estimate of drug-likeness (QED) is 0.652. The number of ether oxygens (including phenoxy) is 1. The second-order valence-corrected chi connectivity index (χ2v) is 7.41. The first-order valence-electron chi connectivity index (χ1n) is 9.31. The Kier molecular flexibility index (Phi) is 4.61. The summed E-state index contributed by atoms with van der Waals surface area (Å²) in [6, 6.07) is 3.66. The molecule has 3 amide bonds. The van der Waals surface area contributed by atoms with Gasteiger partial charge in [-0.1, -0.05) is 0 Å². The van der Waals surface area contributed by atoms with E-state index in [0.29, 0.717) is 51.1 Å². The maximum Gasteiger partial charge on any atom is 0.313 e. The molecular weight excluding hydrogens is 350 g/mol. The van der Waals surface area contributed by atoms with Crippen molar-refractivity contribution in [2.45, 2.75) is 37.7 Å². The first kappa shape index (κ1) is 17.9. The van der Waals surface area contributed by atoms with E-state index in [1.54, 1.807) is 4.90 Å². The van der Waals surface area contributed by atoms with Crippen molar-refractivity contribution >= 4 is 29.1 Å². The van der Waals surface area contributed by atoms with Gasteiger partial charge in [-0.15, -0.1) is 0 Å². The summed E-state index contributed by atoms with van der Waals surface area (Å²) in [6.45, 7) is 1.57. The molecule has 27 heavy (non-hydrogen) atoms. The second-order valence-electron chi connectivity index (χ2n) is 7.41. The van der Waals surface area contributed by atoms with Crippen LogP contribution in [0.15, 0.2) is 12.1 Å². The number of nitrogens with zero attached hydrogens (tertiary/aromatic N) is 1. The van der Waals surface area contributed by atoms with Crippen molar-refractivity contribution in [1.29, 1.82) is 0 Å². The summed E-state index contributed by atoms with van der Waals surface area (Å²) in [6.07, 6.45) is 2.71. The average molecular weight is 373 g/mol. The Bertz CT molecular complexity index is 801. The molecule has 8 heteroatoms. The number of nitrogens with one attached hydrogen (secondary N) is 2. The van der Waals surface area contributed by atoms with E-state index < -0.39 is 17.4 Å². The number of hydrogen-bond donors (Lipinski definition) is 3. The van der Waals surface area contributed by atoms with Crippen molar-refractivity contribution in [3.8, 4) is 0 Å². The Morgan fingerprint density at radius 1 is 1.11 bits per heavy atom. The van der Waals surface area contributed by atoms with Crippen LogP contribution < -0.4 is 15.5 Å². The number of benzene rings is 1. The first-order chi connectivity index (χ1) is 13.0. The molecule has 0 spiro atoms. The Balaban J connectivity index is 1.40. The number of carbonyl (C=O) groups excluding carboxylic acids is 3. The lowest BCUT2D eigenvalue weighted by molar-refractivity contribution is -0.137. The lowest BCUT2D eigenvalue weighted by atomic mass is 9.94. The van der Waals surface area contributed by atoms with E-state index in [0.717, 1.165) is 23.2 Å². The molecule has 0 radical (unpaired) electrons. The van der Waals surface area contributed by atoms with E-state index >= 15 is 0 Å². The van der Waals surface area contributed by atoms with Gasteiger partial charge in [0.25, 0.3) is 0 Å². The first-order valence-corrected chi connectivity index (χ1v) is 9.31. The van der Waals surface area contributed by atoms with Gasteiger partial charge in [0, 0.05) is 51.3 Å². The lowest BCUT2D eigenvalue weighted by Crippen LogP contribution is -2.48. The van der Waals surface area contributed by atoms with Crippen LogP contribution in [0.2, 0.25) is 0 Å². The fourth-order valence-electron chi connectivity index (χ4n) is 3.97. The van der Waals surface area contributed by atoms with Crippen LogP contribution in [0.4, 0.5) is 11.4 Å². The molecule has 8 nitrogen and oxygen atoms in total. The highest BCUT2D eigenvalue weighted by molar-refractivity contribution is 6.39. The van der Waals surface area contributed by atoms with Gasteiger partial charge in [0.2, 0.25) is 5.91 Å². The molecule has 144 valence electrons. The summed E-state index contributed by atoms with van der Waals surface area (Å²) in [5, 5.41) is 15.5. The van der Waals surface area contributed by atoms with E-state index in [2.05, 4.69) is 10.6 Å². The van der Waals surface area contributed by atoms with Crippen molar-refractivity contribution < 1.29 is 24.2 Å². The molecule has 1 aromatic rings. The third kappa shape index (κ3) is 3.54. The molecule has 3 aliphatic heterocycles. The van der Waals surface area contributed by atoms with Gasteiger partial charge in [0.15, 0.2) is 0 Å². The predicted molar refractivity (Wildman–Crippen MR) is 97.5 cm³/mol. The Morgan fingerprint density at radius 2 is 1.81 bits per heavy atom. The molecule has 0 saturated carbocycles. The van der Waals surface area contributed by atoms with Gasteiger partial charge in [-0.2, -0.15) is 0 Å². The summed E-state index contributed by atoms with van der Waals surface area (Å²) in [4.78, 5) is 38.1. The van der Waals surface area contributed by atoms with Crippen LogP contribution in [0.3, 0.4) is 0 Å². The zero-order valence-corrected chi connectivity index (χ0v) is 15.0. The topological polar surface area (TPSA) is 108 Å². The van der Waals surface area contributed by atoms with Gasteiger partial charge in [0.1, 0.15) is 0 Å². The number of amides is 3. The van der Waals surface area contributed by atoms with Crippen LogP contribution in [0.1, 0.15) is 30.4 Å². The number of rotatable bonds is 3. The van der Waals surface area contributed by atoms with Crippen molar-refractivity contribution in [2.24, 2.45) is 0 Å². The summed E-state index contributed by atoms with van der Waals surface area (Å²) < 4.78 is 5.20. The predicted octanol–water partition coefficient (Wildman–Crippen LogP) is 0.118. The van der Waals surface area contributed by atoms with E-state index in [4.69, 9.17) is 4.74 Å². The van der Waals surface area contributed by atoms with Gasteiger partial charge in [0.05, 0.1) is 11.3 Å². The molecular formula is C19H23N3O5. The van der Waals surface area contributed by atoms with Gasteiger partial charge in [-0.25, -0.2) is 0 Å². The number of carbonyl (C=O) groups is 3. The van der Waals surface area contributed by atoms with E-state index in [9.17, 15) is 19.5 Å². The average Bonchev–Trinajstić information content (AvgIpc) is 3.09. The highest BCUT2D eigenvalue weighted by atomic mass is 16.5. The molecule has 0 unspecified atom stereocenters. The third-order valence-electron chi connectivity index (χ3n) is 5.52. The maximum absolute atomic E-state index is 12.2. The highest BCUT2D eigenvalue weighted by Gasteiger charge is 2.33. The van der Waals surface area contributed by atoms with E-state index in [1.807, 2.05) is 12.1 Å². The number of aliphatic hydroxyl groups is 1. The molecule has 1 aromatic carbocycles. The zero-order valence-electron chi connectivity index (χ0n) is 15.0. The molecule has 3 heterocycles. The summed E-state index contributed by atoms with van der Waals surface area (Å²) in [7, 11) is 0. The maximum atomic E-state index is 12.2. The van der Waals surface area contributed by atoms with Gasteiger partial charge < -0.3 is 25.4 Å². The molecule has 3 N–H and O–H groups in total. The molecule has 3 aliphatic rings. The van der Waals surface area contributed by atoms with Crippen LogP contribution in [0.25, 0.3) is 0 Å². The van der Waals surface area contributed by atoms with Gasteiger partial charge >= 0.3 is 11.8 Å². The third-order valence-corrected chi connectivity index (χ3v) is 5.52. The molecule has 4 rings (SSSR count). The summed E-state index contributed by atoms with van der Waals surface area (Å²) >= 11 is 0. The van der Waals surface area contributed by atoms with Crippen molar-refractivity contribution in [1.82, 2.24) is 5.32 Å². The number of aryl methyl sites for hydroxylation is 1. The Hall–Kier alpha value is -2.45. The monoisotopic (exact) mass is 373 g/mol. The lowest BCUT2D eigenvalue weighted by Gasteiger charge is -2.31. The minimum atomic E-state index is -1.03. The number of hydrogen-bond acceptors (Lipinski definition) is 5. The van der Waals surface area contributed by atoms with Crippen LogP contribution >= 0.6 is 0 Å². The zero-order chi connectivity index (χ0) is 19.0. The van der Waals surface area contributed by atoms with Crippen molar-refractivity contribution in [2.75, 3.05) is 36.5 Å². The largest absolute Gasteiger partial charge is 0.388 e. The summed E-state index contributed by atoms with van der Waals surface area (Å²) in [5.41, 5.74) is 2.55. The minimum Gasteiger partial charge on any atom is -0.388 e.